The van der Waals surface area contributed by atoms with Crippen molar-refractivity contribution in [2.75, 3.05) is 14.1 Å². The van der Waals surface area contributed by atoms with E-state index in [0.717, 1.165) is 10.8 Å². The lowest BCUT2D eigenvalue weighted by Gasteiger charge is -2.37. The van der Waals surface area contributed by atoms with Crippen LogP contribution in [-0.2, 0) is 9.53 Å². The maximum Gasteiger partial charge on any atom is 0.407 e. The monoisotopic (exact) mass is 474 g/mol. The quantitative estimate of drug-likeness (QED) is 0.702. The van der Waals surface area contributed by atoms with Crippen LogP contribution in [0.25, 0.3) is 10.8 Å². The molecule has 0 radical (unpaired) electrons. The molecule has 8 nitrogen and oxygen atoms in total. The minimum Gasteiger partial charge on any atom is -0.444 e. The summed E-state index contributed by atoms with van der Waals surface area (Å²) in [6.45, 7) is 5.34. The maximum atomic E-state index is 13.0. The van der Waals surface area contributed by atoms with Crippen LogP contribution in [0.2, 0.25) is 5.02 Å². The van der Waals surface area contributed by atoms with E-state index in [-0.39, 0.29) is 29.5 Å². The molecule has 1 aromatic heterocycles. The number of fused-ring (bicyclic) bond motifs is 1. The fraction of sp³-hybridized carbons (Fsp3) is 0.500. The predicted octanol–water partition coefficient (Wildman–Crippen LogP) is 3.77. The van der Waals surface area contributed by atoms with Crippen LogP contribution in [0.15, 0.2) is 30.5 Å². The molecule has 3 rings (SSSR count). The third kappa shape index (κ3) is 6.57. The van der Waals surface area contributed by atoms with Gasteiger partial charge >= 0.3 is 6.09 Å². The molecule has 3 atom stereocenters. The van der Waals surface area contributed by atoms with Gasteiger partial charge in [0, 0.05) is 42.7 Å². The number of benzene rings is 1. The van der Waals surface area contributed by atoms with E-state index in [1.54, 1.807) is 64.2 Å². The SMILES string of the molecule is CN(C)C(=O)[C@H]1CC[C@H](NC(=O)c2cc3ccc(Cl)cc3cn2)[C@H](NC(=O)OC(C)(C)C)C1. The number of amides is 3. The van der Waals surface area contributed by atoms with E-state index in [2.05, 4.69) is 15.6 Å². The van der Waals surface area contributed by atoms with E-state index < -0.39 is 17.7 Å². The smallest absolute Gasteiger partial charge is 0.407 e. The van der Waals surface area contributed by atoms with E-state index in [1.165, 1.54) is 0 Å². The molecule has 9 heteroatoms. The minimum absolute atomic E-state index is 0.00521. The largest absolute Gasteiger partial charge is 0.444 e. The topological polar surface area (TPSA) is 101 Å². The highest BCUT2D eigenvalue weighted by Crippen LogP contribution is 2.27. The number of ether oxygens (including phenoxy) is 1. The molecule has 1 aromatic carbocycles. The Morgan fingerprint density at radius 3 is 2.45 bits per heavy atom. The van der Waals surface area contributed by atoms with Gasteiger partial charge in [-0.1, -0.05) is 17.7 Å². The van der Waals surface area contributed by atoms with E-state index in [0.29, 0.717) is 24.3 Å². The molecule has 0 aliphatic heterocycles. The van der Waals surface area contributed by atoms with E-state index in [9.17, 15) is 14.4 Å². The summed E-state index contributed by atoms with van der Waals surface area (Å²) in [5.74, 6) is -0.576. The molecule has 33 heavy (non-hydrogen) atoms. The Morgan fingerprint density at radius 2 is 1.79 bits per heavy atom. The number of rotatable bonds is 4. The molecule has 1 saturated carbocycles. The minimum atomic E-state index is -0.658. The molecule has 1 aliphatic rings. The molecule has 3 amide bonds. The van der Waals surface area contributed by atoms with Gasteiger partial charge in [0.05, 0.1) is 6.04 Å². The second kappa shape index (κ2) is 9.95. The molecule has 1 heterocycles. The lowest BCUT2D eigenvalue weighted by molar-refractivity contribution is -0.134. The van der Waals surface area contributed by atoms with Crippen LogP contribution in [-0.4, -0.2) is 59.6 Å². The van der Waals surface area contributed by atoms with Crippen molar-refractivity contribution in [1.29, 1.82) is 0 Å². The van der Waals surface area contributed by atoms with Crippen molar-refractivity contribution < 1.29 is 19.1 Å². The van der Waals surface area contributed by atoms with E-state index in [1.807, 2.05) is 6.07 Å². The summed E-state index contributed by atoms with van der Waals surface area (Å²) < 4.78 is 5.40. The summed E-state index contributed by atoms with van der Waals surface area (Å²) in [6.07, 6.45) is 2.59. The molecular formula is C24H31ClN4O4. The fourth-order valence-corrected chi connectivity index (χ4v) is 4.21. The molecule has 0 spiro atoms. The Labute approximate surface area is 199 Å². The zero-order valence-electron chi connectivity index (χ0n) is 19.6. The Hall–Kier alpha value is -2.87. The van der Waals surface area contributed by atoms with Crippen LogP contribution in [0, 0.1) is 5.92 Å². The maximum absolute atomic E-state index is 13.0. The molecule has 0 saturated heterocycles. The number of hydrogen-bond donors (Lipinski definition) is 2. The first kappa shape index (κ1) is 24.8. The third-order valence-electron chi connectivity index (χ3n) is 5.58. The number of halogens is 1. The summed E-state index contributed by atoms with van der Waals surface area (Å²) in [4.78, 5) is 43.8. The van der Waals surface area contributed by atoms with Crippen molar-refractivity contribution in [1.82, 2.24) is 20.5 Å². The Balaban J connectivity index is 1.76. The van der Waals surface area contributed by atoms with Gasteiger partial charge in [0.2, 0.25) is 5.91 Å². The van der Waals surface area contributed by atoms with Crippen molar-refractivity contribution in [3.8, 4) is 0 Å². The van der Waals surface area contributed by atoms with Crippen LogP contribution in [0.1, 0.15) is 50.5 Å². The second-order valence-corrected chi connectivity index (χ2v) is 10.1. The normalized spacial score (nSPS) is 20.7. The summed E-state index contributed by atoms with van der Waals surface area (Å²) in [6, 6.07) is 6.27. The van der Waals surface area contributed by atoms with Gasteiger partial charge in [0.1, 0.15) is 11.3 Å². The summed E-state index contributed by atoms with van der Waals surface area (Å²) in [5, 5.41) is 8.14. The highest BCUT2D eigenvalue weighted by Gasteiger charge is 2.37. The average Bonchev–Trinajstić information content (AvgIpc) is 2.72. The Bertz CT molecular complexity index is 1050. The first-order valence-corrected chi connectivity index (χ1v) is 11.4. The number of hydrogen-bond acceptors (Lipinski definition) is 5. The van der Waals surface area contributed by atoms with E-state index in [4.69, 9.17) is 16.3 Å². The summed E-state index contributed by atoms with van der Waals surface area (Å²) in [7, 11) is 3.43. The van der Waals surface area contributed by atoms with Gasteiger partial charge in [0.15, 0.2) is 0 Å². The average molecular weight is 475 g/mol. The van der Waals surface area contributed by atoms with Crippen molar-refractivity contribution >= 4 is 40.3 Å². The van der Waals surface area contributed by atoms with Crippen molar-refractivity contribution in [3.63, 3.8) is 0 Å². The lowest BCUT2D eigenvalue weighted by atomic mass is 9.81. The van der Waals surface area contributed by atoms with Crippen LogP contribution >= 0.6 is 11.6 Å². The molecule has 2 aromatic rings. The molecule has 1 aliphatic carbocycles. The number of pyridine rings is 1. The predicted molar refractivity (Wildman–Crippen MR) is 127 cm³/mol. The fourth-order valence-electron chi connectivity index (χ4n) is 4.03. The molecule has 2 N–H and O–H groups in total. The van der Waals surface area contributed by atoms with Crippen molar-refractivity contribution in [3.05, 3.63) is 41.2 Å². The van der Waals surface area contributed by atoms with Gasteiger partial charge < -0.3 is 20.3 Å². The van der Waals surface area contributed by atoms with Crippen LogP contribution in [0.5, 0.6) is 0 Å². The summed E-state index contributed by atoms with van der Waals surface area (Å²) >= 11 is 6.02. The zero-order valence-corrected chi connectivity index (χ0v) is 20.4. The van der Waals surface area contributed by atoms with Crippen LogP contribution < -0.4 is 10.6 Å². The van der Waals surface area contributed by atoms with Gasteiger partial charge in [-0.25, -0.2) is 4.79 Å². The Kier molecular flexibility index (Phi) is 7.47. The molecule has 1 fully saturated rings. The molecule has 0 unspecified atom stereocenters. The van der Waals surface area contributed by atoms with Crippen molar-refractivity contribution in [2.45, 2.75) is 57.7 Å². The number of nitrogens with one attached hydrogen (secondary N) is 2. The van der Waals surface area contributed by atoms with Gasteiger partial charge in [-0.05, 0) is 63.6 Å². The highest BCUT2D eigenvalue weighted by atomic mass is 35.5. The zero-order chi connectivity index (χ0) is 24.3. The number of nitrogens with zero attached hydrogens (tertiary/aromatic N) is 2. The molecule has 178 valence electrons. The van der Waals surface area contributed by atoms with Gasteiger partial charge in [-0.2, -0.15) is 0 Å². The highest BCUT2D eigenvalue weighted by molar-refractivity contribution is 6.31. The third-order valence-corrected chi connectivity index (χ3v) is 5.81. The Morgan fingerprint density at radius 1 is 1.06 bits per heavy atom. The first-order chi connectivity index (χ1) is 15.4. The summed E-state index contributed by atoms with van der Waals surface area (Å²) in [5.41, 5.74) is -0.388. The number of carbonyl (C=O) groups is 3. The van der Waals surface area contributed by atoms with Gasteiger partial charge in [-0.3, -0.25) is 14.6 Å². The second-order valence-electron chi connectivity index (χ2n) is 9.64. The van der Waals surface area contributed by atoms with Crippen LogP contribution in [0.3, 0.4) is 0 Å². The number of aromatic nitrogens is 1. The van der Waals surface area contributed by atoms with Gasteiger partial charge in [-0.15, -0.1) is 0 Å². The van der Waals surface area contributed by atoms with Crippen LogP contribution in [0.4, 0.5) is 4.79 Å². The van der Waals surface area contributed by atoms with Gasteiger partial charge in [0.25, 0.3) is 5.91 Å². The number of carbonyl (C=O) groups excluding carboxylic acids is 3. The lowest BCUT2D eigenvalue weighted by Crippen LogP contribution is -2.56. The molecular weight excluding hydrogens is 444 g/mol. The standard InChI is InChI=1S/C24H31ClN4O4/c1-24(2,3)33-23(32)28-19-12-15(22(31)29(4)5)7-9-18(19)27-21(30)20-11-14-6-8-17(25)10-16(14)13-26-20/h6,8,10-11,13,15,18-19H,7,9,12H2,1-5H3,(H,27,30)(H,28,32)/t15-,18-,19+/m0/s1. The number of alkyl carbamates (subject to hydrolysis) is 1. The molecule has 0 bridgehead atoms. The van der Waals surface area contributed by atoms with E-state index >= 15 is 0 Å². The first-order valence-electron chi connectivity index (χ1n) is 11.0. The van der Waals surface area contributed by atoms with Crippen molar-refractivity contribution in [2.24, 2.45) is 5.92 Å².